The van der Waals surface area contributed by atoms with Gasteiger partial charge >= 0.3 is 6.18 Å². The van der Waals surface area contributed by atoms with E-state index >= 15 is 0 Å². The van der Waals surface area contributed by atoms with Crippen LogP contribution < -0.4 is 27.7 Å². The monoisotopic (exact) mass is 1720 g/mol. The fourth-order valence-corrected chi connectivity index (χ4v) is 18.4. The second kappa shape index (κ2) is 35.3. The Morgan fingerprint density at radius 1 is 0.566 bits per heavy atom. The molecule has 0 saturated carbocycles. The van der Waals surface area contributed by atoms with Gasteiger partial charge in [0.1, 0.15) is 39.8 Å². The van der Waals surface area contributed by atoms with Gasteiger partial charge in [0.15, 0.2) is 35.5 Å². The van der Waals surface area contributed by atoms with E-state index in [1.807, 2.05) is 229 Å². The van der Waals surface area contributed by atoms with Crippen molar-refractivity contribution < 1.29 is 50.6 Å². The Morgan fingerprint density at radius 3 is 1.64 bits per heavy atom. The zero-order chi connectivity index (χ0) is 87.5. The fourth-order valence-electron chi connectivity index (χ4n) is 15.1. The van der Waals surface area contributed by atoms with Crippen LogP contribution in [0.15, 0.2) is 259 Å². The highest BCUT2D eigenvalue weighted by Crippen LogP contribution is 2.51. The van der Waals surface area contributed by atoms with Gasteiger partial charge in [-0.25, -0.2) is 24.4 Å². The van der Waals surface area contributed by atoms with Crippen LogP contribution >= 0.6 is 45.6 Å². The van der Waals surface area contributed by atoms with Gasteiger partial charge in [0.05, 0.1) is 58.7 Å². The number of nitrogens with two attached hydrogens (primary N) is 4. The molecule has 4 aliphatic rings. The number of ether oxygens (including phenoxy) is 2. The first-order valence-electron chi connectivity index (χ1n) is 38.5. The third-order valence-corrected chi connectivity index (χ3v) is 25.5. The number of hydrogen-bond acceptors (Lipinski definition) is 21. The number of rotatable bonds is 16. The first kappa shape index (κ1) is 86.7. The number of amides is 4. The summed E-state index contributed by atoms with van der Waals surface area (Å²) in [5, 5.41) is 25.5. The van der Waals surface area contributed by atoms with Crippen molar-refractivity contribution in [3.05, 3.63) is 305 Å². The second-order valence-electron chi connectivity index (χ2n) is 30.0. The van der Waals surface area contributed by atoms with E-state index in [0.29, 0.717) is 39.6 Å². The number of nitriles is 2. The van der Waals surface area contributed by atoms with Gasteiger partial charge < -0.3 is 36.8 Å². The average molecular weight is 1720 g/mol. The van der Waals surface area contributed by atoms with Gasteiger partial charge in [-0.05, 0) is 206 Å². The minimum absolute atomic E-state index is 0.0182. The van der Waals surface area contributed by atoms with Crippen LogP contribution in [0.1, 0.15) is 125 Å². The number of fused-ring (bicyclic) bond motifs is 1. The largest absolute Gasteiger partial charge is 0.491 e. The van der Waals surface area contributed by atoms with Crippen molar-refractivity contribution >= 4 is 104 Å². The standard InChI is InChI=1S/C26H26N4O2S.C24H19F3N4O2S.C23H20ClN3O.C19H19FN4O2S/c1-16(2)32-21-10-8-18(9-11-21)23-24(31)30(4)25(28)29-26(23,3)22-13-20(15-33-22)19-7-5-6-17(12-19)14-27;1-23(19-10-15(12-34-19)17-5-4-16(11-29-17)24(25,26)27)20(21(32)31(2)22(28)30-23)14-3-6-18-13(9-14)7-8-33-18;1-16(17-12-14-20(24)15-13-17)27-21(28)23(26-22(27)25,18-8-4-2-5-9-18)19-10-6-3-7-11-19;1-4-26-16-17(25)24(3)18(22)23-19(16,2)15-8-13(10-27-15)11-5-6-14(20)12(7-11)9-21/h5-13,15-16,23H,1-4H3,(H2,28,29);3-12,20H,1-2H3,(H2,28,30);2-16H,1H3,(H2,25,26);5-8,10,16H,4H2,1-3H3,(H2,22,23)/t23-,26-;20?,23-;;16?,19-/m11.1/s1. The Labute approximate surface area is 719 Å². The van der Waals surface area contributed by atoms with Gasteiger partial charge in [-0.3, -0.25) is 43.8 Å². The number of carbonyl (C=O) groups is 4. The molecule has 0 fully saturated rings. The van der Waals surface area contributed by atoms with Gasteiger partial charge in [-0.2, -0.15) is 23.7 Å². The number of aliphatic imine (C=N–C) groups is 4. The lowest BCUT2D eigenvalue weighted by Gasteiger charge is -2.40. The van der Waals surface area contributed by atoms with Gasteiger partial charge in [-0.1, -0.05) is 121 Å². The smallest absolute Gasteiger partial charge is 0.417 e. The van der Waals surface area contributed by atoms with Crippen LogP contribution in [-0.4, -0.2) is 112 Å². The van der Waals surface area contributed by atoms with E-state index in [4.69, 9.17) is 68.7 Å². The molecule has 22 nitrogen and oxygen atoms in total. The predicted molar refractivity (Wildman–Crippen MR) is 468 cm³/mol. The van der Waals surface area contributed by atoms with E-state index in [-0.39, 0.29) is 65.2 Å². The van der Waals surface area contributed by atoms with Gasteiger partial charge in [0.25, 0.3) is 11.8 Å². The number of aromatic nitrogens is 1. The molecule has 0 aliphatic carbocycles. The van der Waals surface area contributed by atoms with Crippen LogP contribution in [0.3, 0.4) is 0 Å². The number of thiophene rings is 3. The molecule has 4 aliphatic heterocycles. The third kappa shape index (κ3) is 17.1. The number of benzene rings is 7. The zero-order valence-electron chi connectivity index (χ0n) is 67.8. The summed E-state index contributed by atoms with van der Waals surface area (Å²) in [5.74, 6) is -1.12. The molecule has 30 heteroatoms. The van der Waals surface area contributed by atoms with Crippen LogP contribution in [0.5, 0.6) is 5.75 Å². The third-order valence-electron chi connectivity index (χ3n) is 21.8. The molecule has 7 aromatic carbocycles. The van der Waals surface area contributed by atoms with Crippen molar-refractivity contribution in [2.45, 2.75) is 107 Å². The van der Waals surface area contributed by atoms with Crippen molar-refractivity contribution in [2.75, 3.05) is 27.7 Å². The first-order chi connectivity index (χ1) is 58.1. The molecule has 122 heavy (non-hydrogen) atoms. The molecule has 9 heterocycles. The summed E-state index contributed by atoms with van der Waals surface area (Å²) >= 11 is 10.3. The molecule has 4 amide bonds. The maximum Gasteiger partial charge on any atom is 0.417 e. The summed E-state index contributed by atoms with van der Waals surface area (Å²) < 4.78 is 69.2. The Hall–Kier alpha value is -13.2. The molecule has 0 radical (unpaired) electrons. The molecule has 0 bridgehead atoms. The summed E-state index contributed by atoms with van der Waals surface area (Å²) in [5.41, 5.74) is 29.5. The van der Waals surface area contributed by atoms with Crippen LogP contribution in [0.25, 0.3) is 44.5 Å². The molecular weight excluding hydrogens is 1630 g/mol. The lowest BCUT2D eigenvalue weighted by molar-refractivity contribution is -0.144. The highest BCUT2D eigenvalue weighted by molar-refractivity contribution is 7.11. The summed E-state index contributed by atoms with van der Waals surface area (Å²) in [6.45, 7) is 13.7. The SMILES string of the molecule is CC(C)Oc1ccc([C@@H]2C(=O)N(C)C(N)=N[C@]2(C)c2cc(-c3cccc(C#N)c3)cs2)cc1.CC(c1ccc(Cl)cc1)N1C(=O)C(c2ccccc2)(c2ccccc2)N=C1N.CCOC1C(=O)N(C)C(N)=N[C@]1(C)c1cc(-c2ccc(F)c(C#N)c2)cs1.CN1C(=O)C(c2ccc3occc3c2)[C@@](C)(c2cc(-c3ccc(C(F)(F)F)cn3)cs2)N=C1N. The second-order valence-corrected chi connectivity index (χ2v) is 33.2. The number of hydrogen-bond donors (Lipinski definition) is 4. The van der Waals surface area contributed by atoms with Crippen LogP contribution in [0, 0.1) is 28.5 Å². The normalized spacial score (nSPS) is 20.3. The van der Waals surface area contributed by atoms with Crippen molar-refractivity contribution in [3.8, 4) is 51.4 Å². The molecule has 12 aromatic rings. The molecule has 3 unspecified atom stereocenters. The molecule has 5 aromatic heterocycles. The van der Waals surface area contributed by atoms with E-state index in [0.717, 1.165) is 82.5 Å². The first-order valence-corrected chi connectivity index (χ1v) is 41.5. The number of guanidine groups is 4. The van der Waals surface area contributed by atoms with E-state index < -0.39 is 57.7 Å². The van der Waals surface area contributed by atoms with E-state index in [1.54, 1.807) is 55.9 Å². The van der Waals surface area contributed by atoms with E-state index in [1.165, 1.54) is 66.9 Å². The molecule has 0 saturated heterocycles. The van der Waals surface area contributed by atoms with Crippen molar-refractivity contribution in [1.29, 1.82) is 10.5 Å². The number of carbonyl (C=O) groups excluding carboxylic acids is 4. The van der Waals surface area contributed by atoms with Crippen molar-refractivity contribution in [3.63, 3.8) is 0 Å². The predicted octanol–water partition coefficient (Wildman–Crippen LogP) is 17.6. The number of furan rings is 1. The van der Waals surface area contributed by atoms with E-state index in [2.05, 4.69) is 16.0 Å². The Bertz CT molecular complexity index is 6100. The van der Waals surface area contributed by atoms with Crippen LogP contribution in [0.2, 0.25) is 5.02 Å². The molecular formula is C92H84ClF4N15O7S3. The van der Waals surface area contributed by atoms with Gasteiger partial charge in [0.2, 0.25) is 11.8 Å². The number of nitrogens with zero attached hydrogens (tertiary/aromatic N) is 11. The zero-order valence-corrected chi connectivity index (χ0v) is 71.0. The molecule has 16 rings (SSSR count). The van der Waals surface area contributed by atoms with Gasteiger partial charge in [0, 0.05) is 69.9 Å². The number of halogens is 5. The topological polar surface area (TPSA) is 327 Å². The number of pyridine rings is 1. The van der Waals surface area contributed by atoms with E-state index in [9.17, 15) is 42.0 Å². The van der Waals surface area contributed by atoms with Crippen molar-refractivity contribution in [1.82, 2.24) is 24.6 Å². The van der Waals surface area contributed by atoms with Crippen LogP contribution in [-0.2, 0) is 52.2 Å². The quantitative estimate of drug-likeness (QED) is 0.0654. The molecule has 622 valence electrons. The lowest BCUT2D eigenvalue weighted by Crippen LogP contribution is -2.57. The number of alkyl halides is 3. The summed E-state index contributed by atoms with van der Waals surface area (Å²) in [6.07, 6.45) is -2.79. The summed E-state index contributed by atoms with van der Waals surface area (Å²) in [7, 11) is 4.79. The van der Waals surface area contributed by atoms with Crippen molar-refractivity contribution in [2.24, 2.45) is 42.9 Å². The maximum atomic E-state index is 13.8. The minimum atomic E-state index is -4.46. The highest BCUT2D eigenvalue weighted by atomic mass is 35.5. The summed E-state index contributed by atoms with van der Waals surface area (Å²) in [6, 6.07) is 65.2. The van der Waals surface area contributed by atoms with Gasteiger partial charge in [-0.15, -0.1) is 34.0 Å². The molecule has 8 N–H and O–H groups in total. The Kier molecular flexibility index (Phi) is 25.1. The van der Waals surface area contributed by atoms with Crippen LogP contribution in [0.4, 0.5) is 17.6 Å². The Morgan fingerprint density at radius 2 is 1.10 bits per heavy atom. The summed E-state index contributed by atoms with van der Waals surface area (Å²) in [4.78, 5) is 84.2. The lowest BCUT2D eigenvalue weighted by atomic mass is 9.77. The molecule has 7 atom stereocenters. The fraction of sp³-hybridized carbons (Fsp3) is 0.228. The molecule has 0 spiro atoms. The minimum Gasteiger partial charge on any atom is -0.491 e. The number of likely N-dealkylation sites (N-methyl/N-ethyl adjacent to an activating group) is 3. The maximum absolute atomic E-state index is 13.8. The highest BCUT2D eigenvalue weighted by Gasteiger charge is 2.54. The average Bonchev–Trinajstić information content (AvgIpc) is 1.66. The Balaban J connectivity index is 0.000000141.